The number of fused-ring (bicyclic) bond motifs is 1. The summed E-state index contributed by atoms with van der Waals surface area (Å²) in [4.78, 5) is 4.52. The van der Waals surface area contributed by atoms with Gasteiger partial charge in [0.25, 0.3) is 10.0 Å². The predicted molar refractivity (Wildman–Crippen MR) is 112 cm³/mol. The molecule has 142 valence electrons. The van der Waals surface area contributed by atoms with E-state index in [-0.39, 0.29) is 10.0 Å². The molecule has 0 amide bonds. The van der Waals surface area contributed by atoms with Crippen LogP contribution in [0.15, 0.2) is 77.7 Å². The molecule has 0 aliphatic heterocycles. The summed E-state index contributed by atoms with van der Waals surface area (Å²) in [5, 5.41) is 4.28. The molecular weight excluding hydrogens is 394 g/mol. The van der Waals surface area contributed by atoms with Gasteiger partial charge in [-0.1, -0.05) is 60.1 Å². The number of pyridine rings is 1. The van der Waals surface area contributed by atoms with Crippen LogP contribution >= 0.6 is 11.6 Å². The first kappa shape index (κ1) is 18.5. The number of halogens is 1. The van der Waals surface area contributed by atoms with E-state index in [1.54, 1.807) is 43.3 Å². The molecule has 0 saturated carbocycles. The molecule has 0 aliphatic carbocycles. The fraction of sp³-hybridized carbons (Fsp3) is 0.0952. The number of benzene rings is 2. The normalized spacial score (nSPS) is 11.6. The number of aryl methyl sites for hydroxylation is 1. The number of nitrogens with zero attached hydrogens (tertiary/aromatic N) is 2. The van der Waals surface area contributed by atoms with Crippen LogP contribution in [0.2, 0.25) is 5.15 Å². The van der Waals surface area contributed by atoms with Crippen LogP contribution in [0.5, 0.6) is 0 Å². The van der Waals surface area contributed by atoms with Crippen LogP contribution in [-0.4, -0.2) is 17.4 Å². The van der Waals surface area contributed by atoms with E-state index >= 15 is 0 Å². The zero-order valence-electron chi connectivity index (χ0n) is 15.1. The number of anilines is 1. The number of aromatic nitrogens is 2. The average Bonchev–Trinajstić information content (AvgIpc) is 3.04. The van der Waals surface area contributed by atoms with Gasteiger partial charge in [0, 0.05) is 23.3 Å². The van der Waals surface area contributed by atoms with Crippen molar-refractivity contribution in [1.29, 1.82) is 0 Å². The van der Waals surface area contributed by atoms with Crippen LogP contribution in [-0.2, 0) is 16.6 Å². The fourth-order valence-corrected chi connectivity index (χ4v) is 4.88. The van der Waals surface area contributed by atoms with Crippen molar-refractivity contribution in [1.82, 2.24) is 8.96 Å². The summed E-state index contributed by atoms with van der Waals surface area (Å²) < 4.78 is 27.6. The Balaban J connectivity index is 1.82. The van der Waals surface area contributed by atoms with Gasteiger partial charge in [0.15, 0.2) is 5.65 Å². The van der Waals surface area contributed by atoms with Crippen molar-refractivity contribution in [2.24, 2.45) is 0 Å². The molecule has 28 heavy (non-hydrogen) atoms. The minimum Gasteiger partial charge on any atom is -0.380 e. The summed E-state index contributed by atoms with van der Waals surface area (Å²) >= 11 is 6.22. The molecule has 0 saturated heterocycles. The van der Waals surface area contributed by atoms with E-state index in [0.29, 0.717) is 23.3 Å². The van der Waals surface area contributed by atoms with Gasteiger partial charge in [-0.2, -0.15) is 0 Å². The molecule has 1 N–H and O–H groups in total. The van der Waals surface area contributed by atoms with Gasteiger partial charge >= 0.3 is 0 Å². The highest BCUT2D eigenvalue weighted by molar-refractivity contribution is 7.90. The molecule has 7 heteroatoms. The Kier molecular flexibility index (Phi) is 4.83. The lowest BCUT2D eigenvalue weighted by Crippen LogP contribution is -2.15. The third-order valence-electron chi connectivity index (χ3n) is 4.48. The van der Waals surface area contributed by atoms with Gasteiger partial charge in [0.2, 0.25) is 0 Å². The van der Waals surface area contributed by atoms with E-state index in [4.69, 9.17) is 11.6 Å². The molecule has 0 unspecified atom stereocenters. The lowest BCUT2D eigenvalue weighted by molar-refractivity contribution is 0.587. The summed E-state index contributed by atoms with van der Waals surface area (Å²) in [5.41, 5.74) is 2.72. The molecule has 2 aromatic carbocycles. The quantitative estimate of drug-likeness (QED) is 0.477. The first-order valence-corrected chi connectivity index (χ1v) is 10.6. The Morgan fingerprint density at radius 2 is 1.64 bits per heavy atom. The molecule has 2 aromatic heterocycles. The predicted octanol–water partition coefficient (Wildman–Crippen LogP) is 4.85. The third kappa shape index (κ3) is 3.37. The number of rotatable bonds is 5. The van der Waals surface area contributed by atoms with Crippen LogP contribution in [0.1, 0.15) is 11.3 Å². The van der Waals surface area contributed by atoms with Crippen LogP contribution in [0, 0.1) is 6.92 Å². The van der Waals surface area contributed by atoms with Crippen molar-refractivity contribution in [2.45, 2.75) is 18.4 Å². The summed E-state index contributed by atoms with van der Waals surface area (Å²) in [7, 11) is -3.79. The van der Waals surface area contributed by atoms with Crippen molar-refractivity contribution in [3.05, 3.63) is 89.2 Å². The lowest BCUT2D eigenvalue weighted by atomic mass is 10.2. The molecule has 0 radical (unpaired) electrons. The smallest absolute Gasteiger partial charge is 0.269 e. The zero-order valence-corrected chi connectivity index (χ0v) is 16.7. The standard InChI is InChI=1S/C21H18ClN3O2S/c1-15-12-18-19(23-14-16-8-4-2-5-9-16)13-20(22)24-21(18)25(15)28(26,27)17-10-6-3-7-11-17/h2-13H,14H2,1H3,(H,23,24). The second kappa shape index (κ2) is 7.30. The lowest BCUT2D eigenvalue weighted by Gasteiger charge is -2.11. The molecule has 0 bridgehead atoms. The van der Waals surface area contributed by atoms with Crippen LogP contribution in [0.25, 0.3) is 11.0 Å². The van der Waals surface area contributed by atoms with E-state index < -0.39 is 10.0 Å². The van der Waals surface area contributed by atoms with Gasteiger partial charge in [-0.15, -0.1) is 0 Å². The highest BCUT2D eigenvalue weighted by Gasteiger charge is 2.23. The first-order chi connectivity index (χ1) is 13.5. The second-order valence-electron chi connectivity index (χ2n) is 6.44. The molecule has 0 spiro atoms. The van der Waals surface area contributed by atoms with E-state index in [1.165, 1.54) is 3.97 Å². The summed E-state index contributed by atoms with van der Waals surface area (Å²) in [6, 6.07) is 21.8. The second-order valence-corrected chi connectivity index (χ2v) is 8.61. The van der Waals surface area contributed by atoms with Gasteiger partial charge in [0.05, 0.1) is 4.90 Å². The zero-order chi connectivity index (χ0) is 19.7. The van der Waals surface area contributed by atoms with Crippen LogP contribution < -0.4 is 5.32 Å². The molecule has 2 heterocycles. The number of hydrogen-bond donors (Lipinski definition) is 1. The fourth-order valence-electron chi connectivity index (χ4n) is 3.18. The monoisotopic (exact) mass is 411 g/mol. The largest absolute Gasteiger partial charge is 0.380 e. The topological polar surface area (TPSA) is 64.0 Å². The van der Waals surface area contributed by atoms with E-state index in [0.717, 1.165) is 11.3 Å². The van der Waals surface area contributed by atoms with E-state index in [2.05, 4.69) is 10.3 Å². The van der Waals surface area contributed by atoms with Crippen molar-refractivity contribution < 1.29 is 8.42 Å². The highest BCUT2D eigenvalue weighted by atomic mass is 35.5. The van der Waals surface area contributed by atoms with Gasteiger partial charge in [-0.05, 0) is 36.8 Å². The van der Waals surface area contributed by atoms with Gasteiger partial charge in [0.1, 0.15) is 5.15 Å². The minimum atomic E-state index is -3.79. The SMILES string of the molecule is Cc1cc2c(NCc3ccccc3)cc(Cl)nc2n1S(=O)(=O)c1ccccc1. The van der Waals surface area contributed by atoms with Gasteiger partial charge in [-0.25, -0.2) is 17.4 Å². The van der Waals surface area contributed by atoms with E-state index in [9.17, 15) is 8.42 Å². The van der Waals surface area contributed by atoms with Crippen molar-refractivity contribution >= 4 is 38.3 Å². The Morgan fingerprint density at radius 3 is 2.32 bits per heavy atom. The number of nitrogens with one attached hydrogen (secondary N) is 1. The molecule has 0 aliphatic rings. The minimum absolute atomic E-state index is 0.205. The number of hydrogen-bond acceptors (Lipinski definition) is 4. The third-order valence-corrected chi connectivity index (χ3v) is 6.48. The van der Waals surface area contributed by atoms with Crippen LogP contribution in [0.3, 0.4) is 0 Å². The Bertz CT molecular complexity index is 1240. The Morgan fingerprint density at radius 1 is 1.00 bits per heavy atom. The molecule has 4 rings (SSSR count). The molecular formula is C21H18ClN3O2S. The highest BCUT2D eigenvalue weighted by Crippen LogP contribution is 2.31. The van der Waals surface area contributed by atoms with Crippen molar-refractivity contribution in [2.75, 3.05) is 5.32 Å². The molecule has 4 aromatic rings. The Labute approximate surface area is 168 Å². The van der Waals surface area contributed by atoms with Crippen molar-refractivity contribution in [3.63, 3.8) is 0 Å². The maximum atomic E-state index is 13.2. The van der Waals surface area contributed by atoms with Gasteiger partial charge < -0.3 is 5.32 Å². The summed E-state index contributed by atoms with van der Waals surface area (Å²) in [6.07, 6.45) is 0. The maximum absolute atomic E-state index is 13.2. The molecule has 0 fully saturated rings. The maximum Gasteiger partial charge on any atom is 0.269 e. The first-order valence-electron chi connectivity index (χ1n) is 8.74. The van der Waals surface area contributed by atoms with Gasteiger partial charge in [-0.3, -0.25) is 0 Å². The molecule has 0 atom stereocenters. The summed E-state index contributed by atoms with van der Waals surface area (Å²) in [5.74, 6) is 0. The van der Waals surface area contributed by atoms with Crippen molar-refractivity contribution in [3.8, 4) is 0 Å². The summed E-state index contributed by atoms with van der Waals surface area (Å²) in [6.45, 7) is 2.34. The Hall–Kier alpha value is -2.83. The van der Waals surface area contributed by atoms with Crippen LogP contribution in [0.4, 0.5) is 5.69 Å². The average molecular weight is 412 g/mol. The molecule has 5 nitrogen and oxygen atoms in total. The van der Waals surface area contributed by atoms with E-state index in [1.807, 2.05) is 36.4 Å².